The number of rotatable bonds is 12. The molecule has 0 saturated heterocycles. The highest BCUT2D eigenvalue weighted by molar-refractivity contribution is 6.08. The number of hydrogen-bond acceptors (Lipinski definition) is 4. The summed E-state index contributed by atoms with van der Waals surface area (Å²) in [6.07, 6.45) is 7.15. The molecule has 0 aliphatic rings. The molecule has 280 valence electrons. The lowest BCUT2D eigenvalue weighted by molar-refractivity contribution is 0.0987. The highest BCUT2D eigenvalue weighted by Gasteiger charge is 2.11. The first kappa shape index (κ1) is 52.6. The van der Waals surface area contributed by atoms with Gasteiger partial charge in [0, 0.05) is 35.8 Å². The van der Waals surface area contributed by atoms with Gasteiger partial charge in [-0.2, -0.15) is 0 Å². The van der Waals surface area contributed by atoms with E-state index in [1.807, 2.05) is 146 Å². The van der Waals surface area contributed by atoms with Crippen LogP contribution in [-0.2, 0) is 13.0 Å². The maximum absolute atomic E-state index is 13.6. The number of allylic oxidation sites excluding steroid dienone is 7. The Morgan fingerprint density at radius 1 is 0.920 bits per heavy atom. The van der Waals surface area contributed by atoms with Crippen molar-refractivity contribution in [3.63, 3.8) is 0 Å². The lowest BCUT2D eigenvalue weighted by atomic mass is 9.93. The number of nitrogens with zero attached hydrogens (tertiary/aromatic N) is 1. The van der Waals surface area contributed by atoms with Crippen LogP contribution in [0.5, 0.6) is 0 Å². The molecule has 2 rings (SSSR count). The molecule has 0 bridgehead atoms. The van der Waals surface area contributed by atoms with Gasteiger partial charge in [0.15, 0.2) is 5.78 Å². The fourth-order valence-corrected chi connectivity index (χ4v) is 3.70. The first-order valence-electron chi connectivity index (χ1n) is 18.1. The van der Waals surface area contributed by atoms with Crippen molar-refractivity contribution >= 4 is 11.5 Å². The van der Waals surface area contributed by atoms with Gasteiger partial charge < -0.3 is 11.1 Å². The fourth-order valence-electron chi connectivity index (χ4n) is 3.70. The number of aliphatic imine (C=N–C) groups is 1. The molecule has 0 aromatic heterocycles. The smallest absolute Gasteiger partial charge is 0.162 e. The summed E-state index contributed by atoms with van der Waals surface area (Å²) in [4.78, 5) is 16.0. The number of benzene rings is 2. The zero-order chi connectivity index (χ0) is 40.0. The second-order valence-electron chi connectivity index (χ2n) is 10.8. The minimum absolute atomic E-state index is 0.129. The lowest BCUT2D eigenvalue weighted by Gasteiger charge is -2.13. The van der Waals surface area contributed by atoms with E-state index >= 15 is 0 Å². The van der Waals surface area contributed by atoms with Crippen molar-refractivity contribution in [3.05, 3.63) is 143 Å². The number of halogens is 1. The number of ketones is 1. The van der Waals surface area contributed by atoms with Gasteiger partial charge in [-0.15, -0.1) is 0 Å². The van der Waals surface area contributed by atoms with E-state index < -0.39 is 0 Å². The molecule has 0 fully saturated rings. The minimum atomic E-state index is -0.162. The normalized spacial score (nSPS) is 10.8. The van der Waals surface area contributed by atoms with E-state index in [2.05, 4.69) is 36.6 Å². The van der Waals surface area contributed by atoms with Gasteiger partial charge in [-0.3, -0.25) is 9.79 Å². The van der Waals surface area contributed by atoms with Gasteiger partial charge in [-0.1, -0.05) is 137 Å². The van der Waals surface area contributed by atoms with Crippen LogP contribution in [0.2, 0.25) is 0 Å². The summed E-state index contributed by atoms with van der Waals surface area (Å²) in [5, 5.41) is 3.26. The first-order valence-corrected chi connectivity index (χ1v) is 18.1. The summed E-state index contributed by atoms with van der Waals surface area (Å²) in [5.74, 6) is 0.150. The van der Waals surface area contributed by atoms with E-state index in [-0.39, 0.29) is 17.5 Å². The Morgan fingerprint density at radius 3 is 1.86 bits per heavy atom. The van der Waals surface area contributed by atoms with Gasteiger partial charge in [-0.25, -0.2) is 4.39 Å². The van der Waals surface area contributed by atoms with E-state index in [0.29, 0.717) is 42.0 Å². The third-order valence-electron chi connectivity index (χ3n) is 6.91. The largest absolute Gasteiger partial charge is 0.402 e. The predicted molar refractivity (Wildman–Crippen MR) is 225 cm³/mol. The van der Waals surface area contributed by atoms with Crippen molar-refractivity contribution in [2.75, 3.05) is 0 Å². The van der Waals surface area contributed by atoms with E-state index in [1.165, 1.54) is 6.07 Å². The highest BCUT2D eigenvalue weighted by Crippen LogP contribution is 2.23. The van der Waals surface area contributed by atoms with Gasteiger partial charge in [0.1, 0.15) is 5.82 Å². The molecular weight excluding hydrogens is 618 g/mol. The van der Waals surface area contributed by atoms with Crippen LogP contribution in [0.4, 0.5) is 4.39 Å². The van der Waals surface area contributed by atoms with Crippen LogP contribution >= 0.6 is 0 Å². The standard InChI is InChI=1S/C21H27FN2.C14H19NO.C4H8.3C2H6/c1-8-19-12-18(9-10-20(19)22)13-23-17(7)21(24-15(4)5)11-16(6)14(2)3;1-5-14(16)13-7-6-12(8-9(13)2)10(3)11(4)15;1-3-4-2;3*1-2/h9-12,23H,2,4,7-8,13H2,1,3,5-6H3;6-8,10H,4-5,15H2,1-3H3;3-4H,1-2H3;3*1-2H3/b16-11+,24-21?;;4-3-;;;. The number of Topliss-reactive ketones (excluding diaryl/α,β-unsaturated/α-hetero) is 1. The Hall–Kier alpha value is -4.25. The molecule has 0 aliphatic heterocycles. The van der Waals surface area contributed by atoms with Gasteiger partial charge >= 0.3 is 0 Å². The topological polar surface area (TPSA) is 67.5 Å². The van der Waals surface area contributed by atoms with Crippen molar-refractivity contribution in [3.8, 4) is 0 Å². The molecular formula is C45H72FN3O. The number of hydrogen-bond donors (Lipinski definition) is 2. The van der Waals surface area contributed by atoms with Crippen LogP contribution in [0.15, 0.2) is 114 Å². The van der Waals surface area contributed by atoms with Crippen molar-refractivity contribution in [1.29, 1.82) is 0 Å². The summed E-state index contributed by atoms with van der Waals surface area (Å²) in [6, 6.07) is 11.0. The average Bonchev–Trinajstić information content (AvgIpc) is 3.12. The zero-order valence-electron chi connectivity index (χ0n) is 34.5. The van der Waals surface area contributed by atoms with Gasteiger partial charge in [0.2, 0.25) is 0 Å². The van der Waals surface area contributed by atoms with E-state index in [4.69, 9.17) is 5.73 Å². The van der Waals surface area contributed by atoms with Crippen molar-refractivity contribution in [1.82, 2.24) is 5.32 Å². The molecule has 0 aliphatic carbocycles. The molecule has 1 unspecified atom stereocenters. The molecule has 0 spiro atoms. The maximum Gasteiger partial charge on any atom is 0.162 e. The van der Waals surface area contributed by atoms with Crippen LogP contribution in [0.3, 0.4) is 0 Å². The minimum Gasteiger partial charge on any atom is -0.402 e. The number of nitrogens with one attached hydrogen (secondary N) is 1. The zero-order valence-corrected chi connectivity index (χ0v) is 34.5. The molecule has 4 nitrogen and oxygen atoms in total. The number of carbonyl (C=O) groups excluding carboxylic acids is 1. The van der Waals surface area contributed by atoms with E-state index in [0.717, 1.165) is 39.1 Å². The van der Waals surface area contributed by atoms with Gasteiger partial charge in [-0.05, 0) is 87.9 Å². The maximum atomic E-state index is 13.6. The monoisotopic (exact) mass is 690 g/mol. The fraction of sp³-hybridized carbons (Fsp3) is 0.422. The van der Waals surface area contributed by atoms with Crippen molar-refractivity contribution in [2.24, 2.45) is 10.7 Å². The molecule has 2 aromatic rings. The first-order chi connectivity index (χ1) is 23.6. The third kappa shape index (κ3) is 22.4. The van der Waals surface area contributed by atoms with Crippen molar-refractivity contribution < 1.29 is 9.18 Å². The lowest BCUT2D eigenvalue weighted by Crippen LogP contribution is -2.18. The Kier molecular flexibility index (Phi) is 33.6. The van der Waals surface area contributed by atoms with Crippen LogP contribution in [0, 0.1) is 12.7 Å². The van der Waals surface area contributed by atoms with Crippen LogP contribution in [0.25, 0.3) is 0 Å². The summed E-state index contributed by atoms with van der Waals surface area (Å²) in [6.45, 7) is 45.7. The molecule has 0 amide bonds. The molecule has 0 heterocycles. The van der Waals surface area contributed by atoms with Crippen molar-refractivity contribution in [2.45, 2.75) is 129 Å². The summed E-state index contributed by atoms with van der Waals surface area (Å²) >= 11 is 0. The predicted octanol–water partition coefficient (Wildman–Crippen LogP) is 13.3. The molecule has 3 N–H and O–H groups in total. The second-order valence-corrected chi connectivity index (χ2v) is 10.8. The Bertz CT molecular complexity index is 1410. The van der Waals surface area contributed by atoms with Gasteiger partial charge in [0.05, 0.1) is 11.4 Å². The molecule has 1 atom stereocenters. The average molecular weight is 690 g/mol. The molecule has 0 saturated carbocycles. The molecule has 50 heavy (non-hydrogen) atoms. The summed E-state index contributed by atoms with van der Waals surface area (Å²) < 4.78 is 13.6. The Labute approximate surface area is 308 Å². The summed E-state index contributed by atoms with van der Waals surface area (Å²) in [7, 11) is 0. The quantitative estimate of drug-likeness (QED) is 0.101. The van der Waals surface area contributed by atoms with E-state index in [9.17, 15) is 9.18 Å². The van der Waals surface area contributed by atoms with Crippen LogP contribution < -0.4 is 11.1 Å². The number of nitrogens with two attached hydrogens (primary N) is 1. The summed E-state index contributed by atoms with van der Waals surface area (Å²) in [5.41, 5.74) is 15.1. The van der Waals surface area contributed by atoms with E-state index in [1.54, 1.807) is 6.07 Å². The Balaban J connectivity index is -0.000000350. The van der Waals surface area contributed by atoms with Crippen LogP contribution in [0.1, 0.15) is 142 Å². The molecule has 0 radical (unpaired) electrons. The molecule has 5 heteroatoms. The van der Waals surface area contributed by atoms with Gasteiger partial charge in [0.25, 0.3) is 0 Å². The molecule has 2 aromatic carbocycles. The van der Waals surface area contributed by atoms with Crippen LogP contribution in [-0.4, -0.2) is 11.5 Å². The third-order valence-corrected chi connectivity index (χ3v) is 6.91. The highest BCUT2D eigenvalue weighted by atomic mass is 19.1. The SMILES string of the molecule is C/C=C\C.C=C(C)N=C(/C=C(\C)C(=C)C)C(=C)NCc1ccc(F)c(CC)c1.C=C(N)C(C)c1ccc(C(=O)CC)c(C)c1.CC.CC.CC. The second kappa shape index (κ2) is 32.0. The number of aryl methyl sites for hydroxylation is 2. The Morgan fingerprint density at radius 2 is 1.46 bits per heavy atom. The number of carbonyl (C=O) groups is 1.